The number of carbonyl (C=O) groups is 1. The highest BCUT2D eigenvalue weighted by molar-refractivity contribution is 6.01. The lowest BCUT2D eigenvalue weighted by Crippen LogP contribution is -2.27. The molecule has 2 heterocycles. The fourth-order valence-electron chi connectivity index (χ4n) is 3.44. The van der Waals surface area contributed by atoms with Crippen molar-refractivity contribution in [3.05, 3.63) is 106 Å². The summed E-state index contributed by atoms with van der Waals surface area (Å²) in [6.45, 7) is 0.335. The lowest BCUT2D eigenvalue weighted by molar-refractivity contribution is -0.117. The fraction of sp³-hybridized carbons (Fsp3) is 0.111. The number of aromatic nitrogens is 2. The molecule has 0 fully saturated rings. The molecule has 0 unspecified atom stereocenters. The van der Waals surface area contributed by atoms with E-state index in [0.717, 1.165) is 5.56 Å². The lowest BCUT2D eigenvalue weighted by Gasteiger charge is -2.12. The number of rotatable bonds is 8. The van der Waals surface area contributed by atoms with Crippen molar-refractivity contribution in [1.82, 2.24) is 14.7 Å². The van der Waals surface area contributed by atoms with Gasteiger partial charge in [-0.15, -0.1) is 0 Å². The van der Waals surface area contributed by atoms with Crippen molar-refractivity contribution in [1.29, 1.82) is 5.26 Å². The number of carbonyl (C=O) groups excluding carboxylic acids is 1. The Labute approximate surface area is 201 Å². The monoisotopic (exact) mass is 466 g/mol. The number of nitrogens with one attached hydrogen (secondary N) is 1. The number of hydrogen-bond acceptors (Lipinski definition) is 6. The Kier molecular flexibility index (Phi) is 7.19. The van der Waals surface area contributed by atoms with Gasteiger partial charge in [0.2, 0.25) is 5.88 Å². The van der Waals surface area contributed by atoms with E-state index in [-0.39, 0.29) is 17.0 Å². The first kappa shape index (κ1) is 23.3. The molecular formula is C27H22N4O4. The van der Waals surface area contributed by atoms with Crippen LogP contribution in [0.4, 0.5) is 0 Å². The first-order valence-corrected chi connectivity index (χ1v) is 10.9. The number of nitrogens with zero attached hydrogens (tertiary/aromatic N) is 3. The molecule has 0 aliphatic rings. The molecule has 0 saturated carbocycles. The second-order valence-corrected chi connectivity index (χ2v) is 7.48. The van der Waals surface area contributed by atoms with Crippen molar-refractivity contribution in [2.45, 2.75) is 6.42 Å². The third-order valence-electron chi connectivity index (χ3n) is 5.21. The van der Waals surface area contributed by atoms with E-state index < -0.39 is 11.5 Å². The number of nitriles is 1. The third-order valence-corrected chi connectivity index (χ3v) is 5.21. The maximum atomic E-state index is 13.3. The van der Waals surface area contributed by atoms with Gasteiger partial charge in [0.15, 0.2) is 11.5 Å². The van der Waals surface area contributed by atoms with E-state index in [4.69, 9.17) is 9.47 Å². The van der Waals surface area contributed by atoms with Gasteiger partial charge in [0.1, 0.15) is 22.9 Å². The Morgan fingerprint density at radius 1 is 1.06 bits per heavy atom. The summed E-state index contributed by atoms with van der Waals surface area (Å²) in [5, 5.41) is 12.4. The van der Waals surface area contributed by atoms with Crippen LogP contribution in [0.1, 0.15) is 11.1 Å². The largest absolute Gasteiger partial charge is 0.493 e. The molecule has 8 nitrogen and oxygen atoms in total. The summed E-state index contributed by atoms with van der Waals surface area (Å²) in [7, 11) is 1.50. The Morgan fingerprint density at radius 2 is 1.77 bits per heavy atom. The van der Waals surface area contributed by atoms with E-state index >= 15 is 0 Å². The minimum absolute atomic E-state index is 0.0330. The molecule has 4 aromatic rings. The van der Waals surface area contributed by atoms with E-state index in [9.17, 15) is 14.9 Å². The van der Waals surface area contributed by atoms with E-state index in [2.05, 4.69) is 10.3 Å². The molecule has 0 atom stereocenters. The van der Waals surface area contributed by atoms with Gasteiger partial charge in [-0.25, -0.2) is 0 Å². The summed E-state index contributed by atoms with van der Waals surface area (Å²) >= 11 is 0. The number of methoxy groups -OCH3 is 1. The average Bonchev–Trinajstić information content (AvgIpc) is 2.89. The summed E-state index contributed by atoms with van der Waals surface area (Å²) in [5.74, 6) is 0.138. The number of fused-ring (bicyclic) bond motifs is 1. The Morgan fingerprint density at radius 3 is 2.51 bits per heavy atom. The van der Waals surface area contributed by atoms with Crippen LogP contribution in [-0.2, 0) is 11.2 Å². The molecule has 35 heavy (non-hydrogen) atoms. The molecule has 0 bridgehead atoms. The molecular weight excluding hydrogens is 444 g/mol. The van der Waals surface area contributed by atoms with Crippen molar-refractivity contribution in [2.75, 3.05) is 13.7 Å². The SMILES string of the molecule is COc1ccccc1Oc1nc2ccccn2c(=O)c1C=C(C#N)C(=O)NCCc1ccccc1. The third kappa shape index (κ3) is 5.37. The van der Waals surface area contributed by atoms with Gasteiger partial charge in [-0.1, -0.05) is 48.5 Å². The maximum Gasteiger partial charge on any atom is 0.269 e. The van der Waals surface area contributed by atoms with Gasteiger partial charge in [-0.3, -0.25) is 14.0 Å². The highest BCUT2D eigenvalue weighted by atomic mass is 16.5. The molecule has 2 aromatic carbocycles. The average molecular weight is 466 g/mol. The van der Waals surface area contributed by atoms with Crippen LogP contribution in [0.15, 0.2) is 89.4 Å². The summed E-state index contributed by atoms with van der Waals surface area (Å²) in [6.07, 6.45) is 3.37. The van der Waals surface area contributed by atoms with E-state index in [1.54, 1.807) is 48.7 Å². The van der Waals surface area contributed by atoms with E-state index in [1.165, 1.54) is 17.6 Å². The van der Waals surface area contributed by atoms with Gasteiger partial charge in [0.05, 0.1) is 7.11 Å². The fourth-order valence-corrected chi connectivity index (χ4v) is 3.44. The van der Waals surface area contributed by atoms with Gasteiger partial charge in [-0.05, 0) is 42.3 Å². The molecule has 1 N–H and O–H groups in total. The summed E-state index contributed by atoms with van der Waals surface area (Å²) < 4.78 is 12.6. The Balaban J connectivity index is 1.69. The van der Waals surface area contributed by atoms with Gasteiger partial charge in [-0.2, -0.15) is 10.2 Å². The Bertz CT molecular complexity index is 1490. The highest BCUT2D eigenvalue weighted by Gasteiger charge is 2.18. The van der Waals surface area contributed by atoms with Crippen LogP contribution in [0.5, 0.6) is 17.4 Å². The zero-order valence-electron chi connectivity index (χ0n) is 19.0. The standard InChI is InChI=1S/C27H22N4O4/c1-34-22-11-5-6-12-23(22)35-26-21(27(33)31-16-8-7-13-24(31)30-26)17-20(18-28)25(32)29-15-14-19-9-3-2-4-10-19/h2-13,16-17H,14-15H2,1H3,(H,29,32). The summed E-state index contributed by atoms with van der Waals surface area (Å²) in [5.41, 5.74) is 0.655. The molecule has 0 aliphatic heterocycles. The summed E-state index contributed by atoms with van der Waals surface area (Å²) in [6, 6.07) is 23.5. The number of para-hydroxylation sites is 2. The molecule has 0 spiro atoms. The number of ether oxygens (including phenoxy) is 2. The van der Waals surface area contributed by atoms with Crippen LogP contribution in [0, 0.1) is 11.3 Å². The van der Waals surface area contributed by atoms with Crippen LogP contribution < -0.4 is 20.3 Å². The van der Waals surface area contributed by atoms with Crippen LogP contribution >= 0.6 is 0 Å². The van der Waals surface area contributed by atoms with Crippen LogP contribution in [0.2, 0.25) is 0 Å². The number of hydrogen-bond donors (Lipinski definition) is 1. The molecule has 4 rings (SSSR count). The van der Waals surface area contributed by atoms with Gasteiger partial charge in [0.25, 0.3) is 11.5 Å². The number of pyridine rings is 1. The van der Waals surface area contributed by atoms with Gasteiger partial charge in [0, 0.05) is 12.7 Å². The molecule has 1 amide bonds. The molecule has 0 aliphatic carbocycles. The van der Waals surface area contributed by atoms with Crippen molar-refractivity contribution in [3.63, 3.8) is 0 Å². The molecule has 0 saturated heterocycles. The Hall–Kier alpha value is -4.90. The molecule has 8 heteroatoms. The molecule has 174 valence electrons. The second-order valence-electron chi connectivity index (χ2n) is 7.48. The van der Waals surface area contributed by atoms with Gasteiger partial charge < -0.3 is 14.8 Å². The van der Waals surface area contributed by atoms with Gasteiger partial charge >= 0.3 is 0 Å². The highest BCUT2D eigenvalue weighted by Crippen LogP contribution is 2.31. The number of benzene rings is 2. The second kappa shape index (κ2) is 10.8. The topological polar surface area (TPSA) is 106 Å². The smallest absolute Gasteiger partial charge is 0.269 e. The normalized spacial score (nSPS) is 11.0. The molecule has 2 aromatic heterocycles. The van der Waals surface area contributed by atoms with E-state index in [0.29, 0.717) is 30.1 Å². The van der Waals surface area contributed by atoms with E-state index in [1.807, 2.05) is 36.4 Å². The minimum Gasteiger partial charge on any atom is -0.493 e. The van der Waals surface area contributed by atoms with Crippen LogP contribution in [0.3, 0.4) is 0 Å². The van der Waals surface area contributed by atoms with Crippen molar-refractivity contribution in [2.24, 2.45) is 0 Å². The zero-order valence-corrected chi connectivity index (χ0v) is 19.0. The predicted octanol–water partition coefficient (Wildman–Crippen LogP) is 3.76. The van der Waals surface area contributed by atoms with Crippen LogP contribution in [0.25, 0.3) is 11.7 Å². The first-order valence-electron chi connectivity index (χ1n) is 10.9. The summed E-state index contributed by atoms with van der Waals surface area (Å²) in [4.78, 5) is 30.5. The lowest BCUT2D eigenvalue weighted by atomic mass is 10.1. The van der Waals surface area contributed by atoms with Crippen molar-refractivity contribution in [3.8, 4) is 23.4 Å². The van der Waals surface area contributed by atoms with Crippen molar-refractivity contribution >= 4 is 17.6 Å². The first-order chi connectivity index (χ1) is 17.1. The quantitative estimate of drug-likeness (QED) is 0.313. The molecule has 0 radical (unpaired) electrons. The number of amides is 1. The minimum atomic E-state index is -0.593. The maximum absolute atomic E-state index is 13.3. The van der Waals surface area contributed by atoms with Crippen molar-refractivity contribution < 1.29 is 14.3 Å². The zero-order chi connectivity index (χ0) is 24.6. The van der Waals surface area contributed by atoms with Crippen LogP contribution in [-0.4, -0.2) is 28.9 Å². The predicted molar refractivity (Wildman–Crippen MR) is 131 cm³/mol.